The Morgan fingerprint density at radius 3 is 2.36 bits per heavy atom. The van der Waals surface area contributed by atoms with E-state index in [0.29, 0.717) is 12.1 Å². The molecule has 0 aliphatic heterocycles. The van der Waals surface area contributed by atoms with Gasteiger partial charge in [-0.05, 0) is 30.3 Å². The van der Waals surface area contributed by atoms with Crippen molar-refractivity contribution in [1.82, 2.24) is 0 Å². The average molecular weight is 325 g/mol. The van der Waals surface area contributed by atoms with Gasteiger partial charge >= 0.3 is 10.1 Å². The number of nitrogens with zero attached hydrogens (tertiary/aromatic N) is 1. The van der Waals surface area contributed by atoms with Crippen LogP contribution in [0, 0.1) is 23.0 Å². The molecule has 0 aromatic heterocycles. The Kier molecular flexibility index (Phi) is 4.28. The van der Waals surface area contributed by atoms with Gasteiger partial charge in [0.15, 0.2) is 23.1 Å². The van der Waals surface area contributed by atoms with Crippen molar-refractivity contribution in [2.45, 2.75) is 4.90 Å². The molecule has 0 heterocycles. The minimum absolute atomic E-state index is 0.0187. The van der Waals surface area contributed by atoms with Crippen molar-refractivity contribution in [2.24, 2.45) is 0 Å². The maximum absolute atomic E-state index is 13.1. The van der Waals surface area contributed by atoms with E-state index < -0.39 is 26.6 Å². The van der Waals surface area contributed by atoms with Gasteiger partial charge in [0.1, 0.15) is 4.90 Å². The van der Waals surface area contributed by atoms with Crippen molar-refractivity contribution in [3.63, 3.8) is 0 Å². The van der Waals surface area contributed by atoms with Gasteiger partial charge in [0.2, 0.25) is 0 Å². The highest BCUT2D eigenvalue weighted by Crippen LogP contribution is 2.30. The van der Waals surface area contributed by atoms with Crippen LogP contribution in [0.2, 0.25) is 0 Å². The molecule has 5 nitrogen and oxygen atoms in total. The van der Waals surface area contributed by atoms with Gasteiger partial charge in [0.05, 0.1) is 18.7 Å². The van der Waals surface area contributed by atoms with E-state index in [9.17, 15) is 17.2 Å². The first-order valence-corrected chi connectivity index (χ1v) is 7.26. The molecule has 0 aliphatic carbocycles. The highest BCUT2D eigenvalue weighted by Gasteiger charge is 2.21. The highest BCUT2D eigenvalue weighted by molar-refractivity contribution is 7.87. The quantitative estimate of drug-likeness (QED) is 0.808. The Bertz CT molecular complexity index is 860. The van der Waals surface area contributed by atoms with Crippen molar-refractivity contribution >= 4 is 10.1 Å². The summed E-state index contributed by atoms with van der Waals surface area (Å²) in [5, 5.41) is 8.77. The molecule has 0 radical (unpaired) electrons. The second kappa shape index (κ2) is 5.99. The number of hydrogen-bond acceptors (Lipinski definition) is 5. The summed E-state index contributed by atoms with van der Waals surface area (Å²) in [6.07, 6.45) is 0. The molecule has 0 spiro atoms. The van der Waals surface area contributed by atoms with Crippen LogP contribution in [-0.4, -0.2) is 15.5 Å². The van der Waals surface area contributed by atoms with Crippen molar-refractivity contribution in [3.8, 4) is 17.6 Å². The molecule has 0 aliphatic rings. The number of ether oxygens (including phenoxy) is 1. The van der Waals surface area contributed by atoms with Crippen molar-refractivity contribution in [3.05, 3.63) is 53.6 Å². The summed E-state index contributed by atoms with van der Waals surface area (Å²) in [6, 6.07) is 7.79. The number of rotatable bonds is 4. The highest BCUT2D eigenvalue weighted by atomic mass is 32.2. The molecular formula is C14H9F2NO4S. The Morgan fingerprint density at radius 1 is 1.05 bits per heavy atom. The summed E-state index contributed by atoms with van der Waals surface area (Å²) in [5.41, 5.74) is 0.245. The fourth-order valence-corrected chi connectivity index (χ4v) is 2.56. The van der Waals surface area contributed by atoms with E-state index in [4.69, 9.17) is 14.2 Å². The van der Waals surface area contributed by atoms with Crippen LogP contribution >= 0.6 is 0 Å². The van der Waals surface area contributed by atoms with Gasteiger partial charge < -0.3 is 8.92 Å². The van der Waals surface area contributed by atoms with Gasteiger partial charge in [-0.1, -0.05) is 0 Å². The second-order valence-corrected chi connectivity index (χ2v) is 5.64. The summed E-state index contributed by atoms with van der Waals surface area (Å²) in [7, 11) is -3.10. The average Bonchev–Trinajstić information content (AvgIpc) is 2.50. The zero-order chi connectivity index (χ0) is 16.3. The van der Waals surface area contributed by atoms with Crippen LogP contribution in [-0.2, 0) is 10.1 Å². The zero-order valence-corrected chi connectivity index (χ0v) is 12.0. The largest absolute Gasteiger partial charge is 0.493 e. The molecule has 0 N–H and O–H groups in total. The molecule has 0 fully saturated rings. The molecular weight excluding hydrogens is 316 g/mol. The van der Waals surface area contributed by atoms with Crippen LogP contribution in [0.4, 0.5) is 8.78 Å². The molecule has 2 aromatic rings. The normalized spacial score (nSPS) is 10.8. The molecule has 22 heavy (non-hydrogen) atoms. The smallest absolute Gasteiger partial charge is 0.339 e. The van der Waals surface area contributed by atoms with E-state index in [0.717, 1.165) is 6.07 Å². The molecule has 0 saturated heterocycles. The Labute approximate surface area is 125 Å². The number of halogens is 2. The van der Waals surface area contributed by atoms with Crippen molar-refractivity contribution in [1.29, 1.82) is 5.26 Å². The van der Waals surface area contributed by atoms with E-state index in [-0.39, 0.29) is 17.1 Å². The second-order valence-electron chi connectivity index (χ2n) is 4.09. The van der Waals surface area contributed by atoms with Crippen LogP contribution in [0.1, 0.15) is 5.56 Å². The first-order chi connectivity index (χ1) is 10.4. The lowest BCUT2D eigenvalue weighted by Gasteiger charge is -2.11. The third-order valence-electron chi connectivity index (χ3n) is 2.67. The Balaban J connectivity index is 2.40. The van der Waals surface area contributed by atoms with Crippen LogP contribution in [0.5, 0.6) is 11.5 Å². The van der Waals surface area contributed by atoms with Gasteiger partial charge in [-0.25, -0.2) is 8.78 Å². The monoisotopic (exact) mass is 325 g/mol. The molecule has 0 amide bonds. The summed E-state index contributed by atoms with van der Waals surface area (Å²) >= 11 is 0. The molecule has 0 saturated carbocycles. The molecule has 114 valence electrons. The van der Waals surface area contributed by atoms with E-state index in [2.05, 4.69) is 0 Å². The van der Waals surface area contributed by atoms with E-state index >= 15 is 0 Å². The summed E-state index contributed by atoms with van der Waals surface area (Å²) in [4.78, 5) is -0.544. The van der Waals surface area contributed by atoms with E-state index in [1.54, 1.807) is 0 Å². The number of nitriles is 1. The minimum Gasteiger partial charge on any atom is -0.493 e. The molecule has 0 unspecified atom stereocenters. The van der Waals surface area contributed by atoms with Gasteiger partial charge in [-0.3, -0.25) is 0 Å². The third-order valence-corrected chi connectivity index (χ3v) is 3.90. The molecule has 2 aromatic carbocycles. The van der Waals surface area contributed by atoms with Crippen LogP contribution in [0.15, 0.2) is 41.3 Å². The lowest BCUT2D eigenvalue weighted by Crippen LogP contribution is -2.11. The van der Waals surface area contributed by atoms with Gasteiger partial charge in [-0.15, -0.1) is 0 Å². The van der Waals surface area contributed by atoms with Crippen LogP contribution in [0.3, 0.4) is 0 Å². The van der Waals surface area contributed by atoms with E-state index in [1.165, 1.54) is 25.3 Å². The van der Waals surface area contributed by atoms with Crippen molar-refractivity contribution in [2.75, 3.05) is 7.11 Å². The molecule has 0 bridgehead atoms. The zero-order valence-electron chi connectivity index (χ0n) is 11.2. The molecule has 8 heteroatoms. The Hall–Kier alpha value is -2.66. The van der Waals surface area contributed by atoms with Gasteiger partial charge in [-0.2, -0.15) is 13.7 Å². The minimum atomic E-state index is -4.37. The SMILES string of the molecule is COc1cc(C#N)ccc1OS(=O)(=O)c1ccc(F)c(F)c1. The molecule has 0 atom stereocenters. The van der Waals surface area contributed by atoms with Crippen LogP contribution < -0.4 is 8.92 Å². The number of benzene rings is 2. The first kappa shape index (κ1) is 15.7. The Morgan fingerprint density at radius 2 is 1.77 bits per heavy atom. The lowest BCUT2D eigenvalue weighted by molar-refractivity contribution is 0.390. The summed E-state index contributed by atoms with van der Waals surface area (Å²) < 4.78 is 59.9. The summed E-state index contributed by atoms with van der Waals surface area (Å²) in [5.74, 6) is -2.64. The fourth-order valence-electron chi connectivity index (χ4n) is 1.60. The summed E-state index contributed by atoms with van der Waals surface area (Å²) in [6.45, 7) is 0. The predicted octanol–water partition coefficient (Wildman–Crippen LogP) is 2.61. The first-order valence-electron chi connectivity index (χ1n) is 5.85. The van der Waals surface area contributed by atoms with Gasteiger partial charge in [0, 0.05) is 6.07 Å². The number of hydrogen-bond donors (Lipinski definition) is 0. The predicted molar refractivity (Wildman–Crippen MR) is 71.9 cm³/mol. The maximum Gasteiger partial charge on any atom is 0.339 e. The topological polar surface area (TPSA) is 76.4 Å². The lowest BCUT2D eigenvalue weighted by atomic mass is 10.2. The third kappa shape index (κ3) is 3.15. The maximum atomic E-state index is 13.1. The standard InChI is InChI=1S/C14H9F2NO4S/c1-20-14-6-9(8-17)2-5-13(14)21-22(18,19)10-3-4-11(15)12(16)7-10/h2-7H,1H3. The van der Waals surface area contributed by atoms with E-state index in [1.807, 2.05) is 6.07 Å². The van der Waals surface area contributed by atoms with Gasteiger partial charge in [0.25, 0.3) is 0 Å². The number of methoxy groups -OCH3 is 1. The van der Waals surface area contributed by atoms with Crippen LogP contribution in [0.25, 0.3) is 0 Å². The fraction of sp³-hybridized carbons (Fsp3) is 0.0714. The molecule has 2 rings (SSSR count). The van der Waals surface area contributed by atoms with Crippen molar-refractivity contribution < 1.29 is 26.1 Å².